The number of hydrogen-bond acceptors (Lipinski definition) is 8. The molecule has 1 aromatic heterocycles. The lowest BCUT2D eigenvalue weighted by Crippen LogP contribution is -2.51. The van der Waals surface area contributed by atoms with Crippen LogP contribution >= 0.6 is 0 Å². The van der Waals surface area contributed by atoms with Crippen molar-refractivity contribution in [3.8, 4) is 12.1 Å². The molecule has 0 amide bonds. The van der Waals surface area contributed by atoms with E-state index in [1.165, 1.54) is 48.0 Å². The standard InChI is InChI=1S/C34H41N7O/c1-2-15-38-19-20-41(23-26(38)12-14-35)33-30-13-18-40(32-11-7-9-25-8-3-4-10-29(25)32)24-31(30)36-34(37-33)42-28-21-27(22-28)39-16-5-6-17-39/h2-4,7-11,15,26-28H,5-6,12-13,16-24H2,1H3/t26-,27?,28?/m0/s1. The van der Waals surface area contributed by atoms with E-state index >= 15 is 0 Å². The molecule has 0 radical (unpaired) electrons. The van der Waals surface area contributed by atoms with Gasteiger partial charge in [-0.05, 0) is 56.9 Å². The average Bonchev–Trinajstić information content (AvgIpc) is 3.53. The van der Waals surface area contributed by atoms with Crippen LogP contribution in [0.25, 0.3) is 10.8 Å². The molecule has 0 bridgehead atoms. The number of benzene rings is 2. The molecular weight excluding hydrogens is 522 g/mol. The van der Waals surface area contributed by atoms with Gasteiger partial charge in [-0.3, -0.25) is 0 Å². The molecule has 3 fully saturated rings. The Morgan fingerprint density at radius 3 is 2.64 bits per heavy atom. The lowest BCUT2D eigenvalue weighted by molar-refractivity contribution is 0.0223. The number of likely N-dealkylation sites (tertiary alicyclic amines) is 1. The highest BCUT2D eigenvalue weighted by Crippen LogP contribution is 2.36. The topological polar surface area (TPSA) is 71.8 Å². The van der Waals surface area contributed by atoms with Crippen molar-refractivity contribution in [3.63, 3.8) is 0 Å². The molecular formula is C34H41N7O. The first-order chi connectivity index (χ1) is 20.7. The summed E-state index contributed by atoms with van der Waals surface area (Å²) in [5.74, 6) is 1.01. The van der Waals surface area contributed by atoms with Crippen molar-refractivity contribution in [2.24, 2.45) is 0 Å². The molecule has 2 saturated heterocycles. The van der Waals surface area contributed by atoms with E-state index in [-0.39, 0.29) is 12.1 Å². The zero-order valence-corrected chi connectivity index (χ0v) is 24.7. The quantitative estimate of drug-likeness (QED) is 0.392. The number of hydrogen-bond donors (Lipinski definition) is 0. The first kappa shape index (κ1) is 27.0. The minimum absolute atomic E-state index is 0.138. The van der Waals surface area contributed by atoms with Gasteiger partial charge in [0.1, 0.15) is 11.9 Å². The fraction of sp³-hybridized carbons (Fsp3) is 0.500. The van der Waals surface area contributed by atoms with Crippen molar-refractivity contribution in [2.75, 3.05) is 49.1 Å². The van der Waals surface area contributed by atoms with Crippen molar-refractivity contribution in [3.05, 3.63) is 66.0 Å². The summed E-state index contributed by atoms with van der Waals surface area (Å²) in [6.45, 7) is 8.64. The van der Waals surface area contributed by atoms with E-state index in [0.717, 1.165) is 63.5 Å². The number of nitrogens with zero attached hydrogens (tertiary/aromatic N) is 7. The van der Waals surface area contributed by atoms with Gasteiger partial charge in [-0.25, -0.2) is 0 Å². The number of allylic oxidation sites excluding steroid dienone is 1. The van der Waals surface area contributed by atoms with Gasteiger partial charge in [0, 0.05) is 61.7 Å². The molecule has 4 heterocycles. The molecule has 1 aliphatic carbocycles. The monoisotopic (exact) mass is 563 g/mol. The average molecular weight is 564 g/mol. The van der Waals surface area contributed by atoms with Gasteiger partial charge in [-0.2, -0.15) is 15.2 Å². The van der Waals surface area contributed by atoms with Crippen LogP contribution < -0.4 is 14.5 Å². The van der Waals surface area contributed by atoms with Crippen molar-refractivity contribution in [1.29, 1.82) is 5.26 Å². The van der Waals surface area contributed by atoms with Crippen molar-refractivity contribution in [1.82, 2.24) is 19.8 Å². The van der Waals surface area contributed by atoms with E-state index in [1.54, 1.807) is 0 Å². The molecule has 7 rings (SSSR count). The minimum atomic E-state index is 0.138. The van der Waals surface area contributed by atoms with Gasteiger partial charge in [-0.15, -0.1) is 0 Å². The maximum atomic E-state index is 9.57. The third kappa shape index (κ3) is 5.27. The number of nitriles is 1. The first-order valence-electron chi connectivity index (χ1n) is 15.7. The zero-order valence-electron chi connectivity index (χ0n) is 24.7. The summed E-state index contributed by atoms with van der Waals surface area (Å²) in [4.78, 5) is 20.0. The molecule has 3 aliphatic heterocycles. The number of fused-ring (bicyclic) bond motifs is 2. The van der Waals surface area contributed by atoms with Crippen molar-refractivity contribution >= 4 is 22.3 Å². The highest BCUT2D eigenvalue weighted by Gasteiger charge is 2.37. The second kappa shape index (κ2) is 11.8. The Balaban J connectivity index is 1.18. The first-order valence-corrected chi connectivity index (χ1v) is 15.7. The van der Waals surface area contributed by atoms with E-state index in [4.69, 9.17) is 14.7 Å². The molecule has 3 aromatic rings. The third-order valence-corrected chi connectivity index (χ3v) is 9.62. The Kier molecular flexibility index (Phi) is 7.60. The summed E-state index contributed by atoms with van der Waals surface area (Å²) in [5.41, 5.74) is 3.55. The number of ether oxygens (including phenoxy) is 1. The van der Waals surface area contributed by atoms with Gasteiger partial charge >= 0.3 is 6.01 Å². The fourth-order valence-corrected chi connectivity index (χ4v) is 7.32. The van der Waals surface area contributed by atoms with E-state index in [0.29, 0.717) is 18.5 Å². The summed E-state index contributed by atoms with van der Waals surface area (Å²) < 4.78 is 6.51. The zero-order chi connectivity index (χ0) is 28.5. The molecule has 0 N–H and O–H groups in total. The van der Waals surface area contributed by atoms with Gasteiger partial charge in [0.15, 0.2) is 0 Å². The predicted molar refractivity (Wildman–Crippen MR) is 167 cm³/mol. The second-order valence-corrected chi connectivity index (χ2v) is 12.2. The summed E-state index contributed by atoms with van der Waals surface area (Å²) in [6.07, 6.45) is 10.5. The summed E-state index contributed by atoms with van der Waals surface area (Å²) in [5, 5.41) is 12.1. The normalized spacial score (nSPS) is 24.6. The summed E-state index contributed by atoms with van der Waals surface area (Å²) >= 11 is 0. The van der Waals surface area contributed by atoms with E-state index < -0.39 is 0 Å². The smallest absolute Gasteiger partial charge is 0.318 e. The molecule has 42 heavy (non-hydrogen) atoms. The molecule has 8 heteroatoms. The maximum absolute atomic E-state index is 9.57. The maximum Gasteiger partial charge on any atom is 0.318 e. The van der Waals surface area contributed by atoms with Crippen LogP contribution in [-0.4, -0.2) is 77.2 Å². The van der Waals surface area contributed by atoms with Crippen LogP contribution in [0.15, 0.2) is 54.7 Å². The Hall–Kier alpha value is -3.83. The Morgan fingerprint density at radius 2 is 1.81 bits per heavy atom. The molecule has 218 valence electrons. The van der Waals surface area contributed by atoms with E-state index in [1.807, 2.05) is 6.92 Å². The van der Waals surface area contributed by atoms with Crippen LogP contribution in [0.3, 0.4) is 0 Å². The van der Waals surface area contributed by atoms with Gasteiger partial charge in [-0.1, -0.05) is 42.5 Å². The number of aromatic nitrogens is 2. The fourth-order valence-electron chi connectivity index (χ4n) is 7.32. The summed E-state index contributed by atoms with van der Waals surface area (Å²) in [6, 6.07) is 18.9. The predicted octanol–water partition coefficient (Wildman–Crippen LogP) is 5.14. The highest BCUT2D eigenvalue weighted by molar-refractivity contribution is 5.94. The molecule has 1 saturated carbocycles. The highest BCUT2D eigenvalue weighted by atomic mass is 16.5. The molecule has 4 aliphatic rings. The van der Waals surface area contributed by atoms with Gasteiger partial charge in [0.2, 0.25) is 0 Å². The SMILES string of the molecule is CC=CN1CCN(c2nc(OC3CC(N4CCCC4)C3)nc3c2CCN(c2cccc4ccccc24)C3)C[C@@H]1CC#N. The van der Waals surface area contributed by atoms with Gasteiger partial charge in [0.25, 0.3) is 0 Å². The van der Waals surface area contributed by atoms with Crippen LogP contribution in [0.2, 0.25) is 0 Å². The largest absolute Gasteiger partial charge is 0.460 e. The van der Waals surface area contributed by atoms with Crippen LogP contribution in [0.5, 0.6) is 6.01 Å². The Bertz CT molecular complexity index is 1480. The third-order valence-electron chi connectivity index (χ3n) is 9.62. The minimum Gasteiger partial charge on any atom is -0.460 e. The Labute approximate surface area is 249 Å². The Morgan fingerprint density at radius 1 is 0.976 bits per heavy atom. The molecule has 1 atom stereocenters. The molecule has 0 unspecified atom stereocenters. The molecule has 0 spiro atoms. The molecule has 8 nitrogen and oxygen atoms in total. The van der Waals surface area contributed by atoms with Crippen LogP contribution in [-0.2, 0) is 13.0 Å². The lowest BCUT2D eigenvalue weighted by atomic mass is 9.88. The second-order valence-electron chi connectivity index (χ2n) is 12.2. The van der Waals surface area contributed by atoms with E-state index in [9.17, 15) is 5.26 Å². The molecule has 2 aromatic carbocycles. The van der Waals surface area contributed by atoms with Crippen molar-refractivity contribution < 1.29 is 4.74 Å². The van der Waals surface area contributed by atoms with Gasteiger partial charge in [0.05, 0.1) is 30.8 Å². The lowest BCUT2D eigenvalue weighted by Gasteiger charge is -2.43. The number of rotatable bonds is 7. The van der Waals surface area contributed by atoms with Gasteiger partial charge < -0.3 is 24.3 Å². The van der Waals surface area contributed by atoms with Crippen LogP contribution in [0.4, 0.5) is 11.5 Å². The van der Waals surface area contributed by atoms with Crippen LogP contribution in [0, 0.1) is 11.3 Å². The number of piperazine rings is 1. The number of anilines is 2. The van der Waals surface area contributed by atoms with E-state index in [2.05, 4.69) is 80.4 Å². The van der Waals surface area contributed by atoms with Crippen LogP contribution in [0.1, 0.15) is 50.3 Å². The van der Waals surface area contributed by atoms with Crippen molar-refractivity contribution in [2.45, 2.75) is 70.2 Å². The summed E-state index contributed by atoms with van der Waals surface area (Å²) in [7, 11) is 0.